The molecule has 11 aromatic carbocycles. The molecule has 13 aromatic rings. The number of benzene rings is 11. The maximum Gasteiger partial charge on any atom is 0.0746 e. The van der Waals surface area contributed by atoms with Crippen molar-refractivity contribution < 1.29 is 0 Å². The van der Waals surface area contributed by atoms with Crippen molar-refractivity contribution in [3.63, 3.8) is 0 Å². The van der Waals surface area contributed by atoms with E-state index in [4.69, 9.17) is 0 Å². The molecule has 0 aliphatic heterocycles. The number of hydrogen-bond donors (Lipinski definition) is 0. The third-order valence-electron chi connectivity index (χ3n) is 15.2. The second-order valence-electron chi connectivity index (χ2n) is 18.7. The highest BCUT2D eigenvalue weighted by molar-refractivity contribution is 7.26. The number of hydrogen-bond acceptors (Lipinski definition) is 2. The van der Waals surface area contributed by atoms with Crippen LogP contribution in [0.15, 0.2) is 255 Å². The summed E-state index contributed by atoms with van der Waals surface area (Å²) in [4.78, 5) is 2.51. The van der Waals surface area contributed by atoms with E-state index >= 15 is 0 Å². The first kappa shape index (κ1) is 39.3. The fourth-order valence-corrected chi connectivity index (χ4v) is 13.5. The van der Waals surface area contributed by atoms with Crippen LogP contribution in [0.25, 0.3) is 92.2 Å². The summed E-state index contributed by atoms with van der Waals surface area (Å²) in [6, 6.07) is 94.7. The van der Waals surface area contributed by atoms with Gasteiger partial charge in [0.25, 0.3) is 0 Å². The van der Waals surface area contributed by atoms with Gasteiger partial charge in [-0.3, -0.25) is 0 Å². The van der Waals surface area contributed by atoms with Crippen LogP contribution >= 0.6 is 11.3 Å². The van der Waals surface area contributed by atoms with Gasteiger partial charge < -0.3 is 9.47 Å². The number of anilines is 3. The third kappa shape index (κ3) is 5.49. The molecule has 0 N–H and O–H groups in total. The van der Waals surface area contributed by atoms with E-state index in [0.29, 0.717) is 0 Å². The Labute approximate surface area is 410 Å². The molecule has 0 saturated carbocycles. The van der Waals surface area contributed by atoms with Crippen molar-refractivity contribution in [2.75, 3.05) is 4.90 Å². The van der Waals surface area contributed by atoms with E-state index in [1.165, 1.54) is 114 Å². The summed E-state index contributed by atoms with van der Waals surface area (Å²) in [6.07, 6.45) is 0. The first-order valence-electron chi connectivity index (χ1n) is 24.2. The predicted molar refractivity (Wildman–Crippen MR) is 296 cm³/mol. The van der Waals surface area contributed by atoms with E-state index < -0.39 is 5.41 Å². The molecule has 2 aliphatic rings. The Morgan fingerprint density at radius 3 is 1.70 bits per heavy atom. The molecule has 0 amide bonds. The Morgan fingerprint density at radius 1 is 0.357 bits per heavy atom. The maximum absolute atomic E-state index is 2.51. The van der Waals surface area contributed by atoms with Crippen LogP contribution in [-0.2, 0) is 5.41 Å². The summed E-state index contributed by atoms with van der Waals surface area (Å²) >= 11 is 1.90. The highest BCUT2D eigenvalue weighted by Gasteiger charge is 2.54. The van der Waals surface area contributed by atoms with Gasteiger partial charge in [-0.05, 0) is 134 Å². The second kappa shape index (κ2) is 15.1. The molecule has 0 saturated heterocycles. The molecule has 15 rings (SSSR count). The quantitative estimate of drug-likeness (QED) is 0.161. The van der Waals surface area contributed by atoms with Crippen LogP contribution < -0.4 is 4.90 Å². The zero-order valence-corrected chi connectivity index (χ0v) is 38.9. The Hall–Kier alpha value is -8.76. The van der Waals surface area contributed by atoms with Gasteiger partial charge in [0.1, 0.15) is 0 Å². The van der Waals surface area contributed by atoms with E-state index in [2.05, 4.69) is 264 Å². The summed E-state index contributed by atoms with van der Waals surface area (Å²) in [5.41, 5.74) is 21.7. The number of nitrogens with zero attached hydrogens (tertiary/aromatic N) is 2. The Morgan fingerprint density at radius 2 is 0.929 bits per heavy atom. The Bertz CT molecular complexity index is 4220. The van der Waals surface area contributed by atoms with Crippen LogP contribution in [0.3, 0.4) is 0 Å². The lowest BCUT2D eigenvalue weighted by atomic mass is 9.70. The molecule has 2 nitrogen and oxygen atoms in total. The number of rotatable bonds is 6. The largest absolute Gasteiger partial charge is 0.310 e. The van der Waals surface area contributed by atoms with Gasteiger partial charge in [-0.15, -0.1) is 11.3 Å². The fourth-order valence-electron chi connectivity index (χ4n) is 12.3. The van der Waals surface area contributed by atoms with Crippen molar-refractivity contribution >= 4 is 70.4 Å². The van der Waals surface area contributed by atoms with Crippen molar-refractivity contribution in [2.45, 2.75) is 5.41 Å². The highest BCUT2D eigenvalue weighted by atomic mass is 32.1. The molecule has 1 atom stereocenters. The van der Waals surface area contributed by atoms with E-state index in [-0.39, 0.29) is 0 Å². The minimum absolute atomic E-state index is 0.567. The van der Waals surface area contributed by atoms with Gasteiger partial charge in [-0.1, -0.05) is 182 Å². The predicted octanol–water partition coefficient (Wildman–Crippen LogP) is 18.3. The Kier molecular flexibility index (Phi) is 8.48. The van der Waals surface area contributed by atoms with Crippen LogP contribution in [0.4, 0.5) is 17.1 Å². The standard InChI is InChI=1S/C67H42N2S/c1-3-16-43(17-4-1)44-30-35-48(36-31-44)68(49-37-32-45(33-38-49)46-34-40-60-55(42-46)51-21-9-13-27-59(51)69(60)47-18-5-2-6-19-47)61-28-15-24-52-50-20-7-11-25-56(50)67(66(52)61)57-26-12-8-22-53(57)64-58(67)39-41-63-65(64)54-23-10-14-29-62(54)70-63/h1-42H. The summed E-state index contributed by atoms with van der Waals surface area (Å²) in [5, 5.41) is 5.18. The van der Waals surface area contributed by atoms with E-state index in [0.717, 1.165) is 17.1 Å². The molecule has 326 valence electrons. The monoisotopic (exact) mass is 906 g/mol. The minimum atomic E-state index is -0.567. The van der Waals surface area contributed by atoms with Crippen LogP contribution in [0, 0.1) is 0 Å². The van der Waals surface area contributed by atoms with E-state index in [1.54, 1.807) is 0 Å². The molecule has 0 bridgehead atoms. The van der Waals surface area contributed by atoms with Gasteiger partial charge >= 0.3 is 0 Å². The molecular formula is C67H42N2S. The molecule has 1 unspecified atom stereocenters. The highest BCUT2D eigenvalue weighted by Crippen LogP contribution is 2.66. The zero-order chi connectivity index (χ0) is 45.9. The van der Waals surface area contributed by atoms with Crippen molar-refractivity contribution in [1.82, 2.24) is 4.57 Å². The van der Waals surface area contributed by atoms with Crippen LogP contribution in [-0.4, -0.2) is 4.57 Å². The smallest absolute Gasteiger partial charge is 0.0746 e. The first-order chi connectivity index (χ1) is 34.7. The van der Waals surface area contributed by atoms with Gasteiger partial charge in [0.15, 0.2) is 0 Å². The number of thiophene rings is 1. The van der Waals surface area contributed by atoms with Gasteiger partial charge in [0.05, 0.1) is 22.1 Å². The van der Waals surface area contributed by atoms with Crippen molar-refractivity contribution in [1.29, 1.82) is 0 Å². The lowest BCUT2D eigenvalue weighted by Crippen LogP contribution is -2.28. The van der Waals surface area contributed by atoms with Crippen LogP contribution in [0.2, 0.25) is 0 Å². The number of para-hydroxylation sites is 2. The fraction of sp³-hybridized carbons (Fsp3) is 0.0149. The van der Waals surface area contributed by atoms with Gasteiger partial charge in [-0.2, -0.15) is 0 Å². The molecule has 2 heterocycles. The van der Waals surface area contributed by atoms with Gasteiger partial charge in [0, 0.05) is 53.6 Å². The molecule has 3 heteroatoms. The Balaban J connectivity index is 0.950. The lowest BCUT2D eigenvalue weighted by molar-refractivity contribution is 0.793. The number of fused-ring (bicyclic) bond motifs is 17. The number of aromatic nitrogens is 1. The van der Waals surface area contributed by atoms with Gasteiger partial charge in [-0.25, -0.2) is 0 Å². The van der Waals surface area contributed by atoms with Crippen molar-refractivity contribution in [3.8, 4) is 50.2 Å². The van der Waals surface area contributed by atoms with Crippen LogP contribution in [0.1, 0.15) is 22.3 Å². The third-order valence-corrected chi connectivity index (χ3v) is 16.3. The minimum Gasteiger partial charge on any atom is -0.310 e. The molecule has 70 heavy (non-hydrogen) atoms. The van der Waals surface area contributed by atoms with Crippen molar-refractivity contribution in [3.05, 3.63) is 277 Å². The topological polar surface area (TPSA) is 8.17 Å². The first-order valence-corrected chi connectivity index (χ1v) is 25.0. The maximum atomic E-state index is 2.51. The molecule has 0 fully saturated rings. The van der Waals surface area contributed by atoms with Gasteiger partial charge in [0.2, 0.25) is 0 Å². The van der Waals surface area contributed by atoms with Crippen molar-refractivity contribution in [2.24, 2.45) is 0 Å². The molecule has 2 aromatic heterocycles. The molecule has 2 aliphatic carbocycles. The summed E-state index contributed by atoms with van der Waals surface area (Å²) in [6.45, 7) is 0. The molecule has 1 spiro atoms. The summed E-state index contributed by atoms with van der Waals surface area (Å²) in [7, 11) is 0. The summed E-state index contributed by atoms with van der Waals surface area (Å²) in [5.74, 6) is 0. The van der Waals surface area contributed by atoms with E-state index in [1.807, 2.05) is 11.3 Å². The lowest BCUT2D eigenvalue weighted by Gasteiger charge is -2.36. The van der Waals surface area contributed by atoms with E-state index in [9.17, 15) is 0 Å². The molecule has 0 radical (unpaired) electrons. The average Bonchev–Trinajstić information content (AvgIpc) is 4.16. The van der Waals surface area contributed by atoms with Crippen LogP contribution in [0.5, 0.6) is 0 Å². The molecular weight excluding hydrogens is 865 g/mol. The SMILES string of the molecule is c1ccc(-c2ccc(N(c3ccc(-c4ccc5c(c4)c4ccccc4n5-c4ccccc4)cc3)c3cccc4c3C3(c5ccccc5-4)c4ccccc4-c4c3ccc3sc5ccccc5c43)cc2)cc1. The zero-order valence-electron chi connectivity index (χ0n) is 38.1. The second-order valence-corrected chi connectivity index (χ2v) is 19.8. The summed E-state index contributed by atoms with van der Waals surface area (Å²) < 4.78 is 5.03. The normalized spacial score (nSPS) is 14.3. The average molecular weight is 907 g/mol.